The maximum Gasteiger partial charge on any atom is 0.270 e. The Balaban J connectivity index is 1.74. The number of carbonyl (C=O) groups excluding carboxylic acids is 1. The Morgan fingerprint density at radius 3 is 2.64 bits per heavy atom. The number of fused-ring (bicyclic) bond motifs is 1. The number of ether oxygens (including phenoxy) is 1. The maximum absolute atomic E-state index is 12.2. The lowest BCUT2D eigenvalue weighted by molar-refractivity contribution is -0.384. The number of aldehydes is 1. The van der Waals surface area contributed by atoms with Crippen LogP contribution in [0.4, 0.5) is 11.5 Å². The van der Waals surface area contributed by atoms with Gasteiger partial charge in [-0.05, 0) is 36.8 Å². The van der Waals surface area contributed by atoms with Crippen molar-refractivity contribution in [1.29, 1.82) is 0 Å². The van der Waals surface area contributed by atoms with Crippen LogP contribution in [0, 0.1) is 17.0 Å². The predicted molar refractivity (Wildman–Crippen MR) is 135 cm³/mol. The zero-order valence-corrected chi connectivity index (χ0v) is 19.4. The van der Waals surface area contributed by atoms with Crippen LogP contribution in [-0.2, 0) is 7.05 Å². The summed E-state index contributed by atoms with van der Waals surface area (Å²) in [5, 5.41) is 12.0. The molecule has 5 aromatic rings. The summed E-state index contributed by atoms with van der Waals surface area (Å²) in [6.07, 6.45) is 2.08. The summed E-state index contributed by atoms with van der Waals surface area (Å²) in [4.78, 5) is 36.1. The number of rotatable bonds is 6. The number of non-ortho nitro benzene ring substituents is 1. The first-order valence-corrected chi connectivity index (χ1v) is 10.9. The van der Waals surface area contributed by atoms with E-state index in [1.54, 1.807) is 48.0 Å². The van der Waals surface area contributed by atoms with Crippen molar-refractivity contribution in [3.8, 4) is 34.0 Å². The van der Waals surface area contributed by atoms with Crippen LogP contribution in [0.5, 0.6) is 11.6 Å². The first-order chi connectivity index (χ1) is 17.4. The Kier molecular flexibility index (Phi) is 5.61. The molecule has 0 amide bonds. The van der Waals surface area contributed by atoms with E-state index in [2.05, 4.69) is 15.0 Å². The second kappa shape index (κ2) is 8.91. The Morgan fingerprint density at radius 2 is 1.89 bits per heavy atom. The van der Waals surface area contributed by atoms with Crippen LogP contribution in [-0.4, -0.2) is 30.7 Å². The lowest BCUT2D eigenvalue weighted by atomic mass is 9.95. The molecule has 2 N–H and O–H groups in total. The van der Waals surface area contributed by atoms with Crippen LogP contribution >= 0.6 is 0 Å². The molecule has 0 unspecified atom stereocenters. The summed E-state index contributed by atoms with van der Waals surface area (Å²) in [7, 11) is 1.79. The molecule has 178 valence electrons. The third-order valence-corrected chi connectivity index (χ3v) is 5.83. The number of aromatic nitrogens is 4. The average molecular weight is 480 g/mol. The first kappa shape index (κ1) is 22.7. The fourth-order valence-electron chi connectivity index (χ4n) is 4.27. The molecule has 0 fully saturated rings. The molecule has 3 heterocycles. The van der Waals surface area contributed by atoms with Crippen molar-refractivity contribution >= 4 is 28.8 Å². The van der Waals surface area contributed by atoms with Crippen LogP contribution in [0.25, 0.3) is 33.4 Å². The standard InChI is InChI=1S/C26H20N6O4/c1-15-5-3-8-21(30-15)36-19-9-10-20(17(12-19)13-33)22-23-25(27)28-14-29-26(23)31(2)24(22)16-6-4-7-18(11-16)32(34)35/h3-14H,1-2H3,(H2,27,28,29). The van der Waals surface area contributed by atoms with Crippen LogP contribution in [0.2, 0.25) is 0 Å². The normalized spacial score (nSPS) is 10.9. The molecule has 0 radical (unpaired) electrons. The van der Waals surface area contributed by atoms with Gasteiger partial charge in [-0.2, -0.15) is 0 Å². The van der Waals surface area contributed by atoms with Gasteiger partial charge < -0.3 is 15.0 Å². The number of nitrogen functional groups attached to an aromatic ring is 1. The summed E-state index contributed by atoms with van der Waals surface area (Å²) in [6, 6.07) is 16.8. The Morgan fingerprint density at radius 1 is 1.08 bits per heavy atom. The number of nitrogens with zero attached hydrogens (tertiary/aromatic N) is 5. The third kappa shape index (κ3) is 3.90. The van der Waals surface area contributed by atoms with Gasteiger partial charge in [-0.25, -0.2) is 15.0 Å². The highest BCUT2D eigenvalue weighted by Crippen LogP contribution is 2.43. The van der Waals surface area contributed by atoms with Crippen LogP contribution in [0.1, 0.15) is 16.1 Å². The number of nitro benzene ring substituents is 1. The molecule has 0 atom stereocenters. The molecule has 0 aliphatic heterocycles. The summed E-state index contributed by atoms with van der Waals surface area (Å²) >= 11 is 0. The molecule has 0 bridgehead atoms. The molecule has 0 aliphatic rings. The minimum Gasteiger partial charge on any atom is -0.439 e. The van der Waals surface area contributed by atoms with Gasteiger partial charge in [-0.15, -0.1) is 0 Å². The Bertz CT molecular complexity index is 1660. The summed E-state index contributed by atoms with van der Waals surface area (Å²) < 4.78 is 7.66. The van der Waals surface area contributed by atoms with Gasteiger partial charge in [0, 0.05) is 47.6 Å². The van der Waals surface area contributed by atoms with Gasteiger partial charge in [-0.1, -0.05) is 18.2 Å². The lowest BCUT2D eigenvalue weighted by Gasteiger charge is -2.12. The predicted octanol–water partition coefficient (Wildman–Crippen LogP) is 5.10. The number of hydrogen-bond donors (Lipinski definition) is 1. The van der Waals surface area contributed by atoms with Crippen LogP contribution in [0.15, 0.2) is 67.0 Å². The molecule has 10 nitrogen and oxygen atoms in total. The zero-order chi connectivity index (χ0) is 25.4. The molecule has 36 heavy (non-hydrogen) atoms. The average Bonchev–Trinajstić information content (AvgIpc) is 3.17. The van der Waals surface area contributed by atoms with Gasteiger partial charge in [0.15, 0.2) is 6.29 Å². The molecule has 3 aromatic heterocycles. The second-order valence-corrected chi connectivity index (χ2v) is 8.13. The van der Waals surface area contributed by atoms with Crippen molar-refractivity contribution in [1.82, 2.24) is 19.5 Å². The van der Waals surface area contributed by atoms with Crippen molar-refractivity contribution in [2.45, 2.75) is 6.92 Å². The number of carbonyl (C=O) groups is 1. The summed E-state index contributed by atoms with van der Waals surface area (Å²) in [6.45, 7) is 1.86. The van der Waals surface area contributed by atoms with E-state index in [4.69, 9.17) is 10.5 Å². The van der Waals surface area contributed by atoms with Crippen molar-refractivity contribution in [2.75, 3.05) is 5.73 Å². The van der Waals surface area contributed by atoms with Crippen LogP contribution < -0.4 is 10.5 Å². The molecule has 10 heteroatoms. The zero-order valence-electron chi connectivity index (χ0n) is 19.4. The molecule has 5 rings (SSSR count). The minimum absolute atomic E-state index is 0.0622. The number of hydrogen-bond acceptors (Lipinski definition) is 8. The molecule has 0 spiro atoms. The van der Waals surface area contributed by atoms with Gasteiger partial charge in [0.05, 0.1) is 16.0 Å². The van der Waals surface area contributed by atoms with Gasteiger partial charge in [-0.3, -0.25) is 14.9 Å². The molecular weight excluding hydrogens is 460 g/mol. The van der Waals surface area contributed by atoms with Gasteiger partial charge >= 0.3 is 0 Å². The molecular formula is C26H20N6O4. The van der Waals surface area contributed by atoms with E-state index in [1.807, 2.05) is 19.1 Å². The second-order valence-electron chi connectivity index (χ2n) is 8.13. The van der Waals surface area contributed by atoms with E-state index in [0.717, 1.165) is 12.0 Å². The van der Waals surface area contributed by atoms with Gasteiger partial charge in [0.25, 0.3) is 5.69 Å². The number of aryl methyl sites for hydroxylation is 2. The molecule has 2 aromatic carbocycles. The lowest BCUT2D eigenvalue weighted by Crippen LogP contribution is -1.97. The van der Waals surface area contributed by atoms with Crippen molar-refractivity contribution in [3.05, 3.63) is 88.4 Å². The van der Waals surface area contributed by atoms with E-state index in [0.29, 0.717) is 50.6 Å². The topological polar surface area (TPSA) is 139 Å². The van der Waals surface area contributed by atoms with Gasteiger partial charge in [0.2, 0.25) is 5.88 Å². The van der Waals surface area contributed by atoms with E-state index < -0.39 is 4.92 Å². The van der Waals surface area contributed by atoms with Crippen molar-refractivity contribution in [2.24, 2.45) is 7.05 Å². The Labute approximate surface area is 205 Å². The summed E-state index contributed by atoms with van der Waals surface area (Å²) in [5.41, 5.74) is 10.2. The number of benzene rings is 2. The van der Waals surface area contributed by atoms with E-state index in [9.17, 15) is 14.9 Å². The molecule has 0 saturated heterocycles. The monoisotopic (exact) mass is 480 g/mol. The number of nitro groups is 1. The Hall–Kier alpha value is -5.12. The van der Waals surface area contributed by atoms with Crippen molar-refractivity contribution < 1.29 is 14.5 Å². The minimum atomic E-state index is -0.456. The highest BCUT2D eigenvalue weighted by atomic mass is 16.6. The van der Waals surface area contributed by atoms with E-state index in [-0.39, 0.29) is 11.5 Å². The molecule has 0 saturated carbocycles. The largest absolute Gasteiger partial charge is 0.439 e. The SMILES string of the molecule is Cc1cccc(Oc2ccc(-c3c(-c4cccc([N+](=O)[O-])c4)n(C)c4ncnc(N)c34)c(C=O)c2)n1. The highest BCUT2D eigenvalue weighted by molar-refractivity contribution is 6.10. The highest BCUT2D eigenvalue weighted by Gasteiger charge is 2.24. The van der Waals surface area contributed by atoms with Crippen molar-refractivity contribution in [3.63, 3.8) is 0 Å². The van der Waals surface area contributed by atoms with Gasteiger partial charge in [0.1, 0.15) is 23.5 Å². The van der Waals surface area contributed by atoms with E-state index >= 15 is 0 Å². The maximum atomic E-state index is 12.2. The number of anilines is 1. The summed E-state index contributed by atoms with van der Waals surface area (Å²) in [5.74, 6) is 1.06. The smallest absolute Gasteiger partial charge is 0.270 e. The number of nitrogens with two attached hydrogens (primary N) is 1. The fraction of sp³-hybridized carbons (Fsp3) is 0.0769. The quantitative estimate of drug-likeness (QED) is 0.201. The number of pyridine rings is 1. The third-order valence-electron chi connectivity index (χ3n) is 5.83. The van der Waals surface area contributed by atoms with Crippen LogP contribution in [0.3, 0.4) is 0 Å². The molecule has 0 aliphatic carbocycles. The van der Waals surface area contributed by atoms with E-state index in [1.165, 1.54) is 18.5 Å². The first-order valence-electron chi connectivity index (χ1n) is 10.9. The fourth-order valence-corrected chi connectivity index (χ4v) is 4.27.